The van der Waals surface area contributed by atoms with E-state index in [1.54, 1.807) is 0 Å². The van der Waals surface area contributed by atoms with Crippen LogP contribution in [0, 0.1) is 13.8 Å². The molecule has 0 bridgehead atoms. The van der Waals surface area contributed by atoms with Gasteiger partial charge in [0.15, 0.2) is 0 Å². The third kappa shape index (κ3) is 2.48. The van der Waals surface area contributed by atoms with Crippen molar-refractivity contribution in [1.29, 1.82) is 0 Å². The van der Waals surface area contributed by atoms with Gasteiger partial charge in [-0.05, 0) is 48.2 Å². The highest BCUT2D eigenvalue weighted by Gasteiger charge is 2.19. The summed E-state index contributed by atoms with van der Waals surface area (Å²) in [4.78, 5) is 1.04. The van der Waals surface area contributed by atoms with Gasteiger partial charge in [0.1, 0.15) is 0 Å². The van der Waals surface area contributed by atoms with Crippen LogP contribution >= 0.6 is 27.5 Å². The zero-order valence-electron chi connectivity index (χ0n) is 10.6. The lowest BCUT2D eigenvalue weighted by Gasteiger charge is -2.11. The quantitative estimate of drug-likeness (QED) is 0.934. The summed E-state index contributed by atoms with van der Waals surface area (Å²) in [6.07, 6.45) is 0.736. The highest BCUT2D eigenvalue weighted by Crippen LogP contribution is 2.27. The van der Waals surface area contributed by atoms with Crippen LogP contribution < -0.4 is 5.73 Å². The van der Waals surface area contributed by atoms with Crippen LogP contribution in [0.5, 0.6) is 0 Å². The van der Waals surface area contributed by atoms with Crippen LogP contribution in [0.4, 0.5) is 0 Å². The Balaban J connectivity index is 2.27. The second kappa shape index (κ2) is 5.46. The van der Waals surface area contributed by atoms with E-state index in [4.69, 9.17) is 5.73 Å². The molecule has 5 nitrogen and oxygen atoms in total. The molecule has 0 aromatic carbocycles. The third-order valence-corrected chi connectivity index (χ3v) is 4.88. The highest BCUT2D eigenvalue weighted by atomic mass is 79.9. The Kier molecular flexibility index (Phi) is 4.14. The third-order valence-electron chi connectivity index (χ3n) is 2.89. The van der Waals surface area contributed by atoms with Crippen LogP contribution in [0.2, 0.25) is 0 Å². The smallest absolute Gasteiger partial charge is 0.0772 e. The maximum absolute atomic E-state index is 6.24. The summed E-state index contributed by atoms with van der Waals surface area (Å²) in [5.41, 5.74) is 9.29. The molecule has 0 aliphatic rings. The van der Waals surface area contributed by atoms with Crippen LogP contribution in [0.1, 0.15) is 34.9 Å². The van der Waals surface area contributed by atoms with Gasteiger partial charge in [-0.3, -0.25) is 4.68 Å². The van der Waals surface area contributed by atoms with Gasteiger partial charge in [0, 0.05) is 19.0 Å². The fourth-order valence-electron chi connectivity index (χ4n) is 1.94. The summed E-state index contributed by atoms with van der Waals surface area (Å²) in [5, 5.41) is 8.48. The van der Waals surface area contributed by atoms with Gasteiger partial charge >= 0.3 is 0 Å². The molecule has 18 heavy (non-hydrogen) atoms. The van der Waals surface area contributed by atoms with E-state index in [0.29, 0.717) is 0 Å². The molecule has 0 aliphatic carbocycles. The maximum Gasteiger partial charge on any atom is 0.0772 e. The Bertz CT molecular complexity index is 548. The number of hydrogen-bond acceptors (Lipinski definition) is 5. The largest absolute Gasteiger partial charge is 0.323 e. The van der Waals surface area contributed by atoms with Crippen molar-refractivity contribution < 1.29 is 0 Å². The summed E-state index contributed by atoms with van der Waals surface area (Å²) >= 11 is 4.96. The summed E-state index contributed by atoms with van der Waals surface area (Å²) in [7, 11) is 0. The van der Waals surface area contributed by atoms with Gasteiger partial charge in [-0.15, -0.1) is 5.10 Å². The number of aryl methyl sites for hydroxylation is 3. The summed E-state index contributed by atoms with van der Waals surface area (Å²) in [5.74, 6) is 0. The standard InChI is InChI=1S/C11H16BrN5S/c1-4-17-9(10(12)6(2)15-17)5-8(13)11-7(3)14-16-18-11/h8H,4-5,13H2,1-3H3. The van der Waals surface area contributed by atoms with Crippen molar-refractivity contribution in [1.82, 2.24) is 19.4 Å². The Labute approximate surface area is 119 Å². The maximum atomic E-state index is 6.24. The van der Waals surface area contributed by atoms with Crippen LogP contribution in [0.25, 0.3) is 0 Å². The van der Waals surface area contributed by atoms with Gasteiger partial charge in [-0.1, -0.05) is 4.49 Å². The molecule has 0 saturated carbocycles. The van der Waals surface area contributed by atoms with Crippen molar-refractivity contribution in [3.63, 3.8) is 0 Å². The minimum Gasteiger partial charge on any atom is -0.323 e. The fourth-order valence-corrected chi connectivity index (χ4v) is 3.03. The SMILES string of the molecule is CCn1nc(C)c(Br)c1CC(N)c1snnc1C. The van der Waals surface area contributed by atoms with Crippen LogP contribution in [0.15, 0.2) is 4.47 Å². The van der Waals surface area contributed by atoms with E-state index in [1.807, 2.05) is 18.5 Å². The van der Waals surface area contributed by atoms with Crippen molar-refractivity contribution in [2.45, 2.75) is 39.8 Å². The molecule has 1 atom stereocenters. The molecule has 2 heterocycles. The van der Waals surface area contributed by atoms with Crippen molar-refractivity contribution >= 4 is 27.5 Å². The van der Waals surface area contributed by atoms with Crippen LogP contribution in [-0.2, 0) is 13.0 Å². The molecular formula is C11H16BrN5S. The zero-order chi connectivity index (χ0) is 13.3. The number of nitrogens with zero attached hydrogens (tertiary/aromatic N) is 4. The lowest BCUT2D eigenvalue weighted by molar-refractivity contribution is 0.588. The van der Waals surface area contributed by atoms with E-state index in [0.717, 1.165) is 39.4 Å². The molecule has 2 aromatic heterocycles. The lowest BCUT2D eigenvalue weighted by Crippen LogP contribution is -2.16. The van der Waals surface area contributed by atoms with Gasteiger partial charge in [0.05, 0.1) is 26.4 Å². The first-order chi connectivity index (χ1) is 8.54. The second-order valence-corrected chi connectivity index (χ2v) is 5.77. The van der Waals surface area contributed by atoms with Gasteiger partial charge in [-0.25, -0.2) is 0 Å². The zero-order valence-corrected chi connectivity index (χ0v) is 13.0. The van der Waals surface area contributed by atoms with E-state index in [-0.39, 0.29) is 6.04 Å². The van der Waals surface area contributed by atoms with E-state index in [9.17, 15) is 0 Å². The molecule has 0 radical (unpaired) electrons. The second-order valence-electron chi connectivity index (χ2n) is 4.20. The van der Waals surface area contributed by atoms with Crippen molar-refractivity contribution in [3.05, 3.63) is 26.4 Å². The molecule has 0 saturated heterocycles. The highest BCUT2D eigenvalue weighted by molar-refractivity contribution is 9.10. The van der Waals surface area contributed by atoms with Crippen molar-refractivity contribution in [2.75, 3.05) is 0 Å². The summed E-state index contributed by atoms with van der Waals surface area (Å²) in [6, 6.07) is -0.0808. The predicted molar refractivity (Wildman–Crippen MR) is 75.6 cm³/mol. The van der Waals surface area contributed by atoms with Crippen LogP contribution in [-0.4, -0.2) is 19.4 Å². The average molecular weight is 330 g/mol. The topological polar surface area (TPSA) is 69.6 Å². The summed E-state index contributed by atoms with van der Waals surface area (Å²) < 4.78 is 6.97. The monoisotopic (exact) mass is 329 g/mol. The number of hydrogen-bond donors (Lipinski definition) is 1. The van der Waals surface area contributed by atoms with Gasteiger partial charge in [0.2, 0.25) is 0 Å². The molecule has 0 spiro atoms. The average Bonchev–Trinajstić information content (AvgIpc) is 2.87. The molecule has 1 unspecified atom stereocenters. The molecule has 0 aliphatic heterocycles. The van der Waals surface area contributed by atoms with Gasteiger partial charge in [-0.2, -0.15) is 5.10 Å². The van der Waals surface area contributed by atoms with Crippen molar-refractivity contribution in [3.8, 4) is 0 Å². The molecule has 98 valence electrons. The molecule has 0 fully saturated rings. The van der Waals surface area contributed by atoms with Gasteiger partial charge < -0.3 is 5.73 Å². The number of halogens is 1. The van der Waals surface area contributed by atoms with Gasteiger partial charge in [0.25, 0.3) is 0 Å². The van der Waals surface area contributed by atoms with E-state index < -0.39 is 0 Å². The van der Waals surface area contributed by atoms with Crippen LogP contribution in [0.3, 0.4) is 0 Å². The predicted octanol–water partition coefficient (Wildman–Crippen LogP) is 2.38. The molecular weight excluding hydrogens is 314 g/mol. The number of nitrogens with two attached hydrogens (primary N) is 1. The fraction of sp³-hybridized carbons (Fsp3) is 0.545. The minimum absolute atomic E-state index is 0.0808. The first-order valence-electron chi connectivity index (χ1n) is 5.80. The Hall–Kier alpha value is -0.790. The Morgan fingerprint density at radius 2 is 2.11 bits per heavy atom. The van der Waals surface area contributed by atoms with E-state index in [1.165, 1.54) is 11.5 Å². The first kappa shape index (κ1) is 13.6. The normalized spacial score (nSPS) is 12.9. The Morgan fingerprint density at radius 1 is 1.39 bits per heavy atom. The molecule has 2 rings (SSSR count). The molecule has 0 amide bonds. The molecule has 2 N–H and O–H groups in total. The van der Waals surface area contributed by atoms with E-state index in [2.05, 4.69) is 37.5 Å². The number of rotatable bonds is 4. The van der Waals surface area contributed by atoms with E-state index >= 15 is 0 Å². The minimum atomic E-state index is -0.0808. The first-order valence-corrected chi connectivity index (χ1v) is 7.37. The lowest BCUT2D eigenvalue weighted by atomic mass is 10.1. The molecule has 2 aromatic rings. The Morgan fingerprint density at radius 3 is 2.67 bits per heavy atom. The van der Waals surface area contributed by atoms with Crippen molar-refractivity contribution in [2.24, 2.45) is 5.73 Å². The number of aromatic nitrogens is 4. The molecule has 7 heteroatoms. The summed E-state index contributed by atoms with van der Waals surface area (Å²) in [6.45, 7) is 6.85.